The molecule has 1 aliphatic heterocycles. The number of likely N-dealkylation sites (tertiary alicyclic amines) is 1. The average molecular weight is 489 g/mol. The highest BCUT2D eigenvalue weighted by Gasteiger charge is 2.38. The molecule has 2 unspecified atom stereocenters. The quantitative estimate of drug-likeness (QED) is 0.494. The van der Waals surface area contributed by atoms with Crippen molar-refractivity contribution in [3.05, 3.63) is 35.4 Å². The van der Waals surface area contributed by atoms with E-state index in [1.165, 1.54) is 6.07 Å². The first-order valence-corrected chi connectivity index (χ1v) is 12.5. The number of hydrogen-bond donors (Lipinski definition) is 2. The second-order valence-electron chi connectivity index (χ2n) is 10.3. The highest BCUT2D eigenvalue weighted by molar-refractivity contribution is 5.99. The van der Waals surface area contributed by atoms with Crippen LogP contribution in [0.3, 0.4) is 0 Å². The lowest BCUT2D eigenvalue weighted by atomic mass is 10.1. The first kappa shape index (κ1) is 30.3. The molecule has 0 radical (unpaired) electrons. The Labute approximate surface area is 210 Å². The van der Waals surface area contributed by atoms with Gasteiger partial charge in [-0.15, -0.1) is 0 Å². The average Bonchev–Trinajstić information content (AvgIpc) is 3.04. The number of benzene rings is 1. The fourth-order valence-corrected chi connectivity index (χ4v) is 4.01. The molecule has 0 saturated carbocycles. The Bertz CT molecular complexity index is 853. The molecule has 1 saturated heterocycles. The lowest BCUT2D eigenvalue weighted by Crippen LogP contribution is -2.43. The Morgan fingerprint density at radius 2 is 1.80 bits per heavy atom. The van der Waals surface area contributed by atoms with Crippen molar-refractivity contribution in [1.29, 1.82) is 0 Å². The van der Waals surface area contributed by atoms with E-state index in [4.69, 9.17) is 0 Å². The van der Waals surface area contributed by atoms with Crippen molar-refractivity contribution in [2.45, 2.75) is 73.0 Å². The first-order valence-electron chi connectivity index (χ1n) is 12.5. The van der Waals surface area contributed by atoms with Crippen LogP contribution in [0.2, 0.25) is 0 Å². The highest BCUT2D eigenvalue weighted by atomic mass is 16.2. The van der Waals surface area contributed by atoms with Gasteiger partial charge >= 0.3 is 0 Å². The molecule has 2 N–H and O–H groups in total. The number of nitrogens with zero attached hydrogens (tertiary/aromatic N) is 2. The summed E-state index contributed by atoms with van der Waals surface area (Å²) in [7, 11) is 1.80. The van der Waals surface area contributed by atoms with Gasteiger partial charge in [0.2, 0.25) is 11.8 Å². The lowest BCUT2D eigenvalue weighted by molar-refractivity contribution is -0.132. The fourth-order valence-electron chi connectivity index (χ4n) is 4.01. The smallest absolute Gasteiger partial charge is 0.251 e. The number of likely N-dealkylation sites (N-methyl/N-ethyl adjacent to an activating group) is 1. The number of nitrogens with one attached hydrogen (secondary N) is 2. The van der Waals surface area contributed by atoms with Crippen LogP contribution >= 0.6 is 0 Å². The van der Waals surface area contributed by atoms with E-state index in [1.807, 2.05) is 16.7 Å². The van der Waals surface area contributed by atoms with Gasteiger partial charge < -0.3 is 20.4 Å². The predicted octanol–water partition coefficient (Wildman–Crippen LogP) is 2.97. The van der Waals surface area contributed by atoms with E-state index in [-0.39, 0.29) is 23.8 Å². The van der Waals surface area contributed by atoms with Gasteiger partial charge in [-0.25, -0.2) is 0 Å². The van der Waals surface area contributed by atoms with Crippen molar-refractivity contribution in [2.75, 3.05) is 26.7 Å². The summed E-state index contributed by atoms with van der Waals surface area (Å²) in [6.07, 6.45) is 1.31. The molecule has 8 nitrogen and oxygen atoms in total. The zero-order valence-corrected chi connectivity index (χ0v) is 22.6. The Hall–Kier alpha value is -2.74. The molecular formula is C27H44N4O4. The van der Waals surface area contributed by atoms with Crippen molar-refractivity contribution in [3.8, 4) is 0 Å². The summed E-state index contributed by atoms with van der Waals surface area (Å²) < 4.78 is 0. The van der Waals surface area contributed by atoms with Gasteiger partial charge in [-0.1, -0.05) is 39.8 Å². The van der Waals surface area contributed by atoms with E-state index >= 15 is 0 Å². The van der Waals surface area contributed by atoms with Crippen LogP contribution in [0.25, 0.3) is 0 Å². The molecule has 3 amide bonds. The Kier molecular flexibility index (Phi) is 12.6. The van der Waals surface area contributed by atoms with Gasteiger partial charge in [-0.05, 0) is 58.2 Å². The van der Waals surface area contributed by atoms with Gasteiger partial charge in [0.25, 0.3) is 5.91 Å². The maximum Gasteiger partial charge on any atom is 0.251 e. The zero-order chi connectivity index (χ0) is 26.7. The molecule has 1 aliphatic rings. The lowest BCUT2D eigenvalue weighted by Gasteiger charge is -2.28. The molecule has 1 aromatic rings. The van der Waals surface area contributed by atoms with E-state index in [9.17, 15) is 19.2 Å². The molecule has 2 atom stereocenters. The third-order valence-corrected chi connectivity index (χ3v) is 5.68. The van der Waals surface area contributed by atoms with E-state index in [0.717, 1.165) is 6.54 Å². The minimum absolute atomic E-state index is 0.0268. The molecule has 0 aliphatic carbocycles. The zero-order valence-electron chi connectivity index (χ0n) is 22.6. The first-order chi connectivity index (χ1) is 16.4. The standard InChI is InChI=1S/C17H22N2O3.C10H22N2O/c1-11(2)9-19-12(3)7-15(17(19)22)18-16(21)14-6-4-5-13(8-14)10-20;1-8(2)7-12(9(3)4)10(13)6-11-5/h4-6,8,10-12,15H,7,9H2,1-3H3,(H,18,21);8-9,11H,6-7H2,1-5H3. The van der Waals surface area contributed by atoms with Crippen LogP contribution in [0, 0.1) is 11.8 Å². The van der Waals surface area contributed by atoms with E-state index in [2.05, 4.69) is 52.2 Å². The molecule has 1 fully saturated rings. The fraction of sp³-hybridized carbons (Fsp3) is 0.630. The van der Waals surface area contributed by atoms with Crippen molar-refractivity contribution in [3.63, 3.8) is 0 Å². The monoisotopic (exact) mass is 488 g/mol. The second kappa shape index (κ2) is 14.6. The number of rotatable bonds is 10. The van der Waals surface area contributed by atoms with Crippen LogP contribution < -0.4 is 10.6 Å². The van der Waals surface area contributed by atoms with Crippen molar-refractivity contribution < 1.29 is 19.2 Å². The van der Waals surface area contributed by atoms with E-state index in [1.54, 1.807) is 25.2 Å². The molecule has 0 bridgehead atoms. The van der Waals surface area contributed by atoms with Crippen molar-refractivity contribution in [1.82, 2.24) is 20.4 Å². The molecule has 35 heavy (non-hydrogen) atoms. The molecule has 2 rings (SSSR count). The highest BCUT2D eigenvalue weighted by Crippen LogP contribution is 2.21. The predicted molar refractivity (Wildman–Crippen MR) is 139 cm³/mol. The van der Waals surface area contributed by atoms with E-state index in [0.29, 0.717) is 54.8 Å². The molecular weight excluding hydrogens is 444 g/mol. The van der Waals surface area contributed by atoms with Crippen LogP contribution in [0.15, 0.2) is 24.3 Å². The summed E-state index contributed by atoms with van der Waals surface area (Å²) in [5.41, 5.74) is 0.840. The summed E-state index contributed by atoms with van der Waals surface area (Å²) in [6, 6.07) is 6.39. The largest absolute Gasteiger partial charge is 0.340 e. The SMILES string of the molecule is CC(C)CN1C(=O)C(NC(=O)c2cccc(C=O)c2)CC1C.CNCC(=O)N(CC(C)C)C(C)C. The van der Waals surface area contributed by atoms with Gasteiger partial charge in [0.1, 0.15) is 12.3 Å². The summed E-state index contributed by atoms with van der Waals surface area (Å²) in [6.45, 7) is 16.5. The maximum absolute atomic E-state index is 12.4. The van der Waals surface area contributed by atoms with Gasteiger partial charge in [0, 0.05) is 36.3 Å². The molecule has 196 valence electrons. The summed E-state index contributed by atoms with van der Waals surface area (Å²) in [5, 5.41) is 5.67. The number of amides is 3. The normalized spacial score (nSPS) is 17.5. The van der Waals surface area contributed by atoms with Crippen LogP contribution in [0.1, 0.15) is 75.6 Å². The van der Waals surface area contributed by atoms with Crippen LogP contribution in [-0.2, 0) is 9.59 Å². The number of carbonyl (C=O) groups excluding carboxylic acids is 4. The minimum atomic E-state index is -0.485. The molecule has 0 aromatic heterocycles. The maximum atomic E-state index is 12.4. The van der Waals surface area contributed by atoms with Gasteiger partial charge in [-0.2, -0.15) is 0 Å². The van der Waals surface area contributed by atoms with Crippen LogP contribution in [0.4, 0.5) is 0 Å². The molecule has 0 spiro atoms. The summed E-state index contributed by atoms with van der Waals surface area (Å²) in [5.74, 6) is 0.765. The number of hydrogen-bond acceptors (Lipinski definition) is 5. The van der Waals surface area contributed by atoms with Crippen molar-refractivity contribution in [2.24, 2.45) is 11.8 Å². The molecule has 1 heterocycles. The summed E-state index contributed by atoms with van der Waals surface area (Å²) >= 11 is 0. The van der Waals surface area contributed by atoms with E-state index < -0.39 is 6.04 Å². The van der Waals surface area contributed by atoms with Gasteiger partial charge in [0.05, 0.1) is 6.54 Å². The number of carbonyl (C=O) groups is 4. The van der Waals surface area contributed by atoms with Crippen LogP contribution in [0.5, 0.6) is 0 Å². The van der Waals surface area contributed by atoms with Gasteiger partial charge in [0.15, 0.2) is 0 Å². The topological polar surface area (TPSA) is 98.8 Å². The third kappa shape index (κ3) is 9.80. The molecule has 8 heteroatoms. The third-order valence-electron chi connectivity index (χ3n) is 5.68. The Morgan fingerprint density at radius 1 is 1.14 bits per heavy atom. The van der Waals surface area contributed by atoms with Gasteiger partial charge in [-0.3, -0.25) is 19.2 Å². The second-order valence-corrected chi connectivity index (χ2v) is 10.3. The van der Waals surface area contributed by atoms with Crippen molar-refractivity contribution >= 4 is 24.0 Å². The summed E-state index contributed by atoms with van der Waals surface area (Å²) in [4.78, 5) is 50.8. The Morgan fingerprint density at radius 3 is 2.31 bits per heavy atom. The van der Waals surface area contributed by atoms with Crippen LogP contribution in [-0.4, -0.2) is 78.6 Å². The number of aldehydes is 1. The molecule has 1 aromatic carbocycles. The Balaban J connectivity index is 0.000000405. The minimum Gasteiger partial charge on any atom is -0.340 e.